The van der Waals surface area contributed by atoms with Crippen molar-refractivity contribution in [2.45, 2.75) is 18.5 Å². The van der Waals surface area contributed by atoms with E-state index >= 15 is 0 Å². The summed E-state index contributed by atoms with van der Waals surface area (Å²) < 4.78 is 60.2. The number of rotatable bonds is 5. The normalized spacial score (nSPS) is 13.7. The largest absolute Gasteiger partial charge is 0.390 e. The molecule has 0 unspecified atom stereocenters. The molecule has 86 valence electrons. The number of halogens is 5. The van der Waals surface area contributed by atoms with E-state index in [9.17, 15) is 22.0 Å². The van der Waals surface area contributed by atoms with Crippen LogP contribution in [0, 0.1) is 0 Å². The molecule has 14 heavy (non-hydrogen) atoms. The van der Waals surface area contributed by atoms with Crippen molar-refractivity contribution in [3.8, 4) is 0 Å². The van der Waals surface area contributed by atoms with Crippen molar-refractivity contribution in [3.63, 3.8) is 0 Å². The van der Waals surface area contributed by atoms with Gasteiger partial charge in [-0.15, -0.1) is 0 Å². The van der Waals surface area contributed by atoms with Crippen LogP contribution in [0.5, 0.6) is 0 Å². The van der Waals surface area contributed by atoms with E-state index in [0.717, 1.165) is 4.90 Å². The van der Waals surface area contributed by atoms with Crippen LogP contribution in [-0.2, 0) is 0 Å². The van der Waals surface area contributed by atoms with E-state index in [1.54, 1.807) is 0 Å². The third kappa shape index (κ3) is 7.02. The van der Waals surface area contributed by atoms with Gasteiger partial charge in [-0.1, -0.05) is 0 Å². The summed E-state index contributed by atoms with van der Waals surface area (Å²) in [5.74, 6) is -3.12. The Kier molecular flexibility index (Phi) is 4.73. The lowest BCUT2D eigenvalue weighted by Crippen LogP contribution is -2.41. The molecule has 0 amide bonds. The molecule has 0 aliphatic rings. The molecule has 7 heteroatoms. The first-order valence-electron chi connectivity index (χ1n) is 3.99. The first kappa shape index (κ1) is 13.6. The minimum absolute atomic E-state index is 0.445. The van der Waals surface area contributed by atoms with Gasteiger partial charge in [0, 0.05) is 6.54 Å². The molecule has 0 aliphatic heterocycles. The zero-order chi connectivity index (χ0) is 11.4. The van der Waals surface area contributed by atoms with Crippen LogP contribution in [0.3, 0.4) is 0 Å². The number of hydrogen-bond acceptors (Lipinski definition) is 2. The molecule has 0 saturated heterocycles. The third-order valence-corrected chi connectivity index (χ3v) is 1.58. The molecule has 0 aliphatic carbocycles. The van der Waals surface area contributed by atoms with Crippen LogP contribution in [0.1, 0.15) is 6.42 Å². The van der Waals surface area contributed by atoms with Crippen LogP contribution in [0.25, 0.3) is 0 Å². The monoisotopic (exact) mass is 220 g/mol. The maximum Gasteiger partial charge on any atom is 0.390 e. The van der Waals surface area contributed by atoms with Crippen LogP contribution in [-0.4, -0.2) is 43.7 Å². The van der Waals surface area contributed by atoms with Crippen molar-refractivity contribution in [2.24, 2.45) is 5.73 Å². The summed E-state index contributed by atoms with van der Waals surface area (Å²) in [7, 11) is 1.20. The molecular formula is C7H13F5N2. The van der Waals surface area contributed by atoms with Gasteiger partial charge >= 0.3 is 6.18 Å². The Bertz CT molecular complexity index is 168. The van der Waals surface area contributed by atoms with E-state index in [0.29, 0.717) is 0 Å². The van der Waals surface area contributed by atoms with Crippen LogP contribution >= 0.6 is 0 Å². The molecule has 0 saturated carbocycles. The third-order valence-electron chi connectivity index (χ3n) is 1.58. The maximum absolute atomic E-state index is 12.6. The van der Waals surface area contributed by atoms with Gasteiger partial charge in [0.05, 0.1) is 19.5 Å². The second-order valence-electron chi connectivity index (χ2n) is 3.16. The Hall–Kier alpha value is -0.430. The zero-order valence-electron chi connectivity index (χ0n) is 7.74. The van der Waals surface area contributed by atoms with Crippen molar-refractivity contribution in [1.82, 2.24) is 4.90 Å². The van der Waals surface area contributed by atoms with Crippen molar-refractivity contribution in [1.29, 1.82) is 0 Å². The van der Waals surface area contributed by atoms with Gasteiger partial charge in [0.15, 0.2) is 0 Å². The van der Waals surface area contributed by atoms with Gasteiger partial charge in [0.2, 0.25) is 0 Å². The molecule has 0 aromatic heterocycles. The van der Waals surface area contributed by atoms with Crippen molar-refractivity contribution in [2.75, 3.05) is 26.7 Å². The van der Waals surface area contributed by atoms with Crippen molar-refractivity contribution in [3.05, 3.63) is 0 Å². The lowest BCUT2D eigenvalue weighted by atomic mass is 10.3. The van der Waals surface area contributed by atoms with Gasteiger partial charge in [-0.05, 0) is 7.05 Å². The summed E-state index contributed by atoms with van der Waals surface area (Å²) in [5, 5.41) is 0. The number of alkyl halides is 5. The van der Waals surface area contributed by atoms with Crippen LogP contribution in [0.2, 0.25) is 0 Å². The van der Waals surface area contributed by atoms with E-state index in [1.165, 1.54) is 7.05 Å². The van der Waals surface area contributed by atoms with Gasteiger partial charge in [-0.2, -0.15) is 13.2 Å². The van der Waals surface area contributed by atoms with Gasteiger partial charge in [0.25, 0.3) is 5.92 Å². The first-order chi connectivity index (χ1) is 6.16. The zero-order valence-corrected chi connectivity index (χ0v) is 7.74. The minimum Gasteiger partial charge on any atom is -0.325 e. The van der Waals surface area contributed by atoms with Gasteiger partial charge < -0.3 is 10.6 Å². The molecular weight excluding hydrogens is 207 g/mol. The first-order valence-corrected chi connectivity index (χ1v) is 3.99. The fourth-order valence-electron chi connectivity index (χ4n) is 0.856. The van der Waals surface area contributed by atoms with Crippen LogP contribution in [0.15, 0.2) is 0 Å². The second kappa shape index (κ2) is 4.88. The molecule has 0 aromatic carbocycles. The Morgan fingerprint density at radius 1 is 1.14 bits per heavy atom. The lowest BCUT2D eigenvalue weighted by molar-refractivity contribution is -0.139. The molecule has 0 bridgehead atoms. The Labute approximate surface area is 78.9 Å². The predicted octanol–water partition coefficient (Wildman–Crippen LogP) is 1.46. The molecule has 2 N–H and O–H groups in total. The summed E-state index contributed by atoms with van der Waals surface area (Å²) in [6.07, 6.45) is -5.41. The summed E-state index contributed by atoms with van der Waals surface area (Å²) in [6.45, 7) is -2.05. The Balaban J connectivity index is 3.82. The molecule has 0 aromatic rings. The van der Waals surface area contributed by atoms with Gasteiger partial charge in [-0.25, -0.2) is 8.78 Å². The van der Waals surface area contributed by atoms with E-state index in [2.05, 4.69) is 0 Å². The minimum atomic E-state index is -4.31. The highest BCUT2D eigenvalue weighted by atomic mass is 19.4. The second-order valence-corrected chi connectivity index (χ2v) is 3.16. The SMILES string of the molecule is CN(CCC(F)(F)F)CC(F)(F)CN. The summed E-state index contributed by atoms with van der Waals surface area (Å²) in [6, 6.07) is 0. The standard InChI is InChI=1S/C7H13F5N2/c1-14(3-2-7(10,11)12)5-6(8,9)4-13/h2-5,13H2,1H3. The number of nitrogens with two attached hydrogens (primary N) is 1. The average molecular weight is 220 g/mol. The van der Waals surface area contributed by atoms with E-state index in [-0.39, 0.29) is 0 Å². The molecule has 2 nitrogen and oxygen atoms in total. The summed E-state index contributed by atoms with van der Waals surface area (Å²) in [5.41, 5.74) is 4.74. The van der Waals surface area contributed by atoms with Crippen molar-refractivity contribution >= 4 is 0 Å². The highest BCUT2D eigenvalue weighted by molar-refractivity contribution is 4.71. The molecule has 0 rings (SSSR count). The van der Waals surface area contributed by atoms with E-state index in [1.807, 2.05) is 0 Å². The topological polar surface area (TPSA) is 29.3 Å². The van der Waals surface area contributed by atoms with Crippen molar-refractivity contribution < 1.29 is 22.0 Å². The number of hydrogen-bond donors (Lipinski definition) is 1. The molecule has 0 spiro atoms. The summed E-state index contributed by atoms with van der Waals surface area (Å²) >= 11 is 0. The average Bonchev–Trinajstić information content (AvgIpc) is 1.99. The fraction of sp³-hybridized carbons (Fsp3) is 1.00. The highest BCUT2D eigenvalue weighted by Gasteiger charge is 2.31. The van der Waals surface area contributed by atoms with Gasteiger partial charge in [0.1, 0.15) is 0 Å². The van der Waals surface area contributed by atoms with E-state index < -0.39 is 38.2 Å². The highest BCUT2D eigenvalue weighted by Crippen LogP contribution is 2.20. The van der Waals surface area contributed by atoms with Crippen LogP contribution in [0.4, 0.5) is 22.0 Å². The molecule has 0 atom stereocenters. The molecule has 0 radical (unpaired) electrons. The maximum atomic E-state index is 12.6. The Morgan fingerprint density at radius 2 is 1.64 bits per heavy atom. The predicted molar refractivity (Wildman–Crippen MR) is 42.2 cm³/mol. The van der Waals surface area contributed by atoms with Crippen LogP contribution < -0.4 is 5.73 Å². The van der Waals surface area contributed by atoms with Gasteiger partial charge in [-0.3, -0.25) is 0 Å². The van der Waals surface area contributed by atoms with E-state index in [4.69, 9.17) is 5.73 Å². The Morgan fingerprint density at radius 3 is 2.00 bits per heavy atom. The summed E-state index contributed by atoms with van der Waals surface area (Å²) in [4.78, 5) is 0.917. The molecule has 0 fully saturated rings. The fourth-order valence-corrected chi connectivity index (χ4v) is 0.856. The quantitative estimate of drug-likeness (QED) is 0.711. The smallest absolute Gasteiger partial charge is 0.325 e. The number of nitrogens with zero attached hydrogens (tertiary/aromatic N) is 1. The lowest BCUT2D eigenvalue weighted by Gasteiger charge is -2.22. The molecule has 0 heterocycles.